The first-order valence-electron chi connectivity index (χ1n) is 8.22. The molecule has 0 aliphatic heterocycles. The Kier molecular flexibility index (Phi) is 6.65. The number of amides is 2. The fourth-order valence-corrected chi connectivity index (χ4v) is 3.00. The van der Waals surface area contributed by atoms with Gasteiger partial charge in [-0.2, -0.15) is 0 Å². The lowest BCUT2D eigenvalue weighted by Gasteiger charge is -2.14. The molecule has 0 fully saturated rings. The molecule has 0 heterocycles. The number of nitrogens with one attached hydrogen (secondary N) is 2. The van der Waals surface area contributed by atoms with Gasteiger partial charge in [0.25, 0.3) is 0 Å². The van der Waals surface area contributed by atoms with Crippen molar-refractivity contribution in [3.8, 4) is 0 Å². The fourth-order valence-electron chi connectivity index (χ4n) is 2.32. The van der Waals surface area contributed by atoms with Crippen molar-refractivity contribution >= 4 is 35.0 Å². The highest BCUT2D eigenvalue weighted by atomic mass is 32.2. The van der Waals surface area contributed by atoms with Crippen LogP contribution in [0.1, 0.15) is 23.6 Å². The van der Waals surface area contributed by atoms with E-state index in [9.17, 15) is 9.59 Å². The van der Waals surface area contributed by atoms with Crippen LogP contribution in [0.2, 0.25) is 0 Å². The van der Waals surface area contributed by atoms with E-state index in [4.69, 9.17) is 0 Å². The van der Waals surface area contributed by atoms with Crippen LogP contribution in [-0.4, -0.2) is 22.8 Å². The van der Waals surface area contributed by atoms with Crippen molar-refractivity contribution in [2.75, 3.05) is 16.4 Å². The molecule has 2 aromatic carbocycles. The van der Waals surface area contributed by atoms with Crippen molar-refractivity contribution in [2.24, 2.45) is 0 Å². The molecule has 0 bridgehead atoms. The molecular formula is C20H24N2O2S. The molecule has 0 saturated heterocycles. The lowest BCUT2D eigenvalue weighted by atomic mass is 10.1. The first-order valence-corrected chi connectivity index (χ1v) is 9.27. The number of benzene rings is 2. The Morgan fingerprint density at radius 3 is 2.48 bits per heavy atom. The van der Waals surface area contributed by atoms with Gasteiger partial charge in [-0.3, -0.25) is 9.59 Å². The molecule has 0 aliphatic rings. The standard InChI is InChI=1S/C20H24N2O2S/c1-13-7-5-9-17(11-13)21-19(23)12-25-16(4)20(24)22-18-10-6-8-14(2)15(18)3/h5-11,16H,12H2,1-4H3,(H,21,23)(H,22,24)/t16-/m0/s1. The van der Waals surface area contributed by atoms with E-state index in [0.29, 0.717) is 0 Å². The molecular weight excluding hydrogens is 332 g/mol. The van der Waals surface area contributed by atoms with Gasteiger partial charge >= 0.3 is 0 Å². The summed E-state index contributed by atoms with van der Waals surface area (Å²) in [6.45, 7) is 7.78. The van der Waals surface area contributed by atoms with E-state index in [1.165, 1.54) is 11.8 Å². The third-order valence-electron chi connectivity index (χ3n) is 4.00. The van der Waals surface area contributed by atoms with Gasteiger partial charge in [0, 0.05) is 11.4 Å². The highest BCUT2D eigenvalue weighted by Crippen LogP contribution is 2.20. The van der Waals surface area contributed by atoms with E-state index < -0.39 is 0 Å². The third kappa shape index (κ3) is 5.64. The van der Waals surface area contributed by atoms with Crippen LogP contribution in [0.25, 0.3) is 0 Å². The molecule has 25 heavy (non-hydrogen) atoms. The average molecular weight is 356 g/mol. The van der Waals surface area contributed by atoms with Gasteiger partial charge in [-0.15, -0.1) is 11.8 Å². The Labute approximate surface area is 153 Å². The second-order valence-corrected chi connectivity index (χ2v) is 7.44. The van der Waals surface area contributed by atoms with E-state index in [-0.39, 0.29) is 22.8 Å². The van der Waals surface area contributed by atoms with Gasteiger partial charge in [-0.25, -0.2) is 0 Å². The molecule has 132 valence electrons. The summed E-state index contributed by atoms with van der Waals surface area (Å²) in [7, 11) is 0. The number of anilines is 2. The quantitative estimate of drug-likeness (QED) is 0.811. The molecule has 0 spiro atoms. The highest BCUT2D eigenvalue weighted by Gasteiger charge is 2.16. The van der Waals surface area contributed by atoms with Gasteiger partial charge in [-0.1, -0.05) is 24.3 Å². The minimum Gasteiger partial charge on any atom is -0.325 e. The normalized spacial score (nSPS) is 11.7. The van der Waals surface area contributed by atoms with Crippen LogP contribution >= 0.6 is 11.8 Å². The van der Waals surface area contributed by atoms with Crippen molar-refractivity contribution in [3.05, 3.63) is 59.2 Å². The summed E-state index contributed by atoms with van der Waals surface area (Å²) in [6, 6.07) is 13.5. The maximum absolute atomic E-state index is 12.3. The van der Waals surface area contributed by atoms with Gasteiger partial charge in [0.1, 0.15) is 0 Å². The summed E-state index contributed by atoms with van der Waals surface area (Å²) >= 11 is 1.32. The summed E-state index contributed by atoms with van der Waals surface area (Å²) in [4.78, 5) is 24.4. The largest absolute Gasteiger partial charge is 0.325 e. The topological polar surface area (TPSA) is 58.2 Å². The Morgan fingerprint density at radius 2 is 1.76 bits per heavy atom. The maximum atomic E-state index is 12.3. The summed E-state index contributed by atoms with van der Waals surface area (Å²) in [5.74, 6) is 0.0269. The van der Waals surface area contributed by atoms with Gasteiger partial charge in [0.2, 0.25) is 11.8 Å². The minimum absolute atomic E-state index is 0.0953. The fraction of sp³-hybridized carbons (Fsp3) is 0.300. The van der Waals surface area contributed by atoms with E-state index in [1.807, 2.05) is 70.2 Å². The van der Waals surface area contributed by atoms with E-state index >= 15 is 0 Å². The average Bonchev–Trinajstić information content (AvgIpc) is 2.56. The predicted octanol–water partition coefficient (Wildman–Crippen LogP) is 4.31. The second kappa shape index (κ2) is 8.72. The summed E-state index contributed by atoms with van der Waals surface area (Å²) in [6.07, 6.45) is 0. The van der Waals surface area contributed by atoms with Crippen LogP contribution in [0.5, 0.6) is 0 Å². The van der Waals surface area contributed by atoms with Crippen LogP contribution in [0, 0.1) is 20.8 Å². The van der Waals surface area contributed by atoms with Crippen molar-refractivity contribution < 1.29 is 9.59 Å². The van der Waals surface area contributed by atoms with Crippen LogP contribution in [0.4, 0.5) is 11.4 Å². The highest BCUT2D eigenvalue weighted by molar-refractivity contribution is 8.01. The molecule has 0 saturated carbocycles. The van der Waals surface area contributed by atoms with Crippen LogP contribution < -0.4 is 10.6 Å². The first kappa shape index (κ1) is 19.1. The number of thioether (sulfide) groups is 1. The second-order valence-electron chi connectivity index (χ2n) is 6.11. The minimum atomic E-state index is -0.317. The number of hydrogen-bond donors (Lipinski definition) is 2. The Morgan fingerprint density at radius 1 is 1.04 bits per heavy atom. The zero-order chi connectivity index (χ0) is 18.4. The number of rotatable bonds is 6. The van der Waals surface area contributed by atoms with E-state index in [1.54, 1.807) is 0 Å². The molecule has 2 N–H and O–H groups in total. The van der Waals surface area contributed by atoms with Crippen molar-refractivity contribution in [3.63, 3.8) is 0 Å². The smallest absolute Gasteiger partial charge is 0.237 e. The molecule has 5 heteroatoms. The Bertz CT molecular complexity index is 774. The zero-order valence-electron chi connectivity index (χ0n) is 15.1. The molecule has 1 atom stereocenters. The van der Waals surface area contributed by atoms with Gasteiger partial charge in [0.15, 0.2) is 0 Å². The lowest BCUT2D eigenvalue weighted by Crippen LogP contribution is -2.25. The van der Waals surface area contributed by atoms with Gasteiger partial charge in [-0.05, 0) is 62.6 Å². The Hall–Kier alpha value is -2.27. The van der Waals surface area contributed by atoms with Crippen molar-refractivity contribution in [1.82, 2.24) is 0 Å². The molecule has 2 aromatic rings. The van der Waals surface area contributed by atoms with Gasteiger partial charge in [0.05, 0.1) is 11.0 Å². The van der Waals surface area contributed by atoms with Crippen LogP contribution in [-0.2, 0) is 9.59 Å². The summed E-state index contributed by atoms with van der Waals surface area (Å²) < 4.78 is 0. The summed E-state index contributed by atoms with van der Waals surface area (Å²) in [5.41, 5.74) is 4.88. The molecule has 0 unspecified atom stereocenters. The van der Waals surface area contributed by atoms with Crippen molar-refractivity contribution in [2.45, 2.75) is 32.9 Å². The number of carbonyl (C=O) groups is 2. The van der Waals surface area contributed by atoms with Gasteiger partial charge < -0.3 is 10.6 Å². The molecule has 4 nitrogen and oxygen atoms in total. The lowest BCUT2D eigenvalue weighted by molar-refractivity contribution is -0.115. The molecule has 2 rings (SSSR count). The molecule has 0 aliphatic carbocycles. The molecule has 0 radical (unpaired) electrons. The summed E-state index contributed by atoms with van der Waals surface area (Å²) in [5, 5.41) is 5.48. The van der Waals surface area contributed by atoms with Crippen LogP contribution in [0.15, 0.2) is 42.5 Å². The van der Waals surface area contributed by atoms with Crippen LogP contribution in [0.3, 0.4) is 0 Å². The number of aryl methyl sites for hydroxylation is 2. The van der Waals surface area contributed by atoms with Crippen molar-refractivity contribution in [1.29, 1.82) is 0 Å². The predicted molar refractivity (Wildman–Crippen MR) is 106 cm³/mol. The monoisotopic (exact) mass is 356 g/mol. The zero-order valence-corrected chi connectivity index (χ0v) is 15.9. The SMILES string of the molecule is Cc1cccc(NC(=O)CS[C@@H](C)C(=O)Nc2cccc(C)c2C)c1. The Balaban J connectivity index is 1.84. The number of hydrogen-bond acceptors (Lipinski definition) is 3. The van der Waals surface area contributed by atoms with E-state index in [0.717, 1.165) is 28.1 Å². The third-order valence-corrected chi connectivity index (χ3v) is 5.14. The number of carbonyl (C=O) groups excluding carboxylic acids is 2. The van der Waals surface area contributed by atoms with E-state index in [2.05, 4.69) is 10.6 Å². The maximum Gasteiger partial charge on any atom is 0.237 e. The molecule has 0 aromatic heterocycles. The first-order chi connectivity index (χ1) is 11.9. The molecule has 2 amide bonds.